The van der Waals surface area contributed by atoms with Crippen molar-refractivity contribution < 1.29 is 0 Å². The van der Waals surface area contributed by atoms with Crippen LogP contribution in [0.1, 0.15) is 64.3 Å². The number of aromatic nitrogens is 3. The molecular weight excluding hydrogens is 362 g/mol. The maximum atomic E-state index is 4.65. The lowest BCUT2D eigenvalue weighted by Gasteiger charge is -2.08. The number of benzene rings is 1. The van der Waals surface area contributed by atoms with Crippen LogP contribution in [0.15, 0.2) is 41.3 Å². The molecule has 2 aliphatic rings. The van der Waals surface area contributed by atoms with E-state index >= 15 is 0 Å². The predicted octanol–water partition coefficient (Wildman–Crippen LogP) is 6.48. The third-order valence-electron chi connectivity index (χ3n) is 5.53. The minimum atomic E-state index is 0.664. The number of hydrogen-bond donors (Lipinski definition) is 1. The molecule has 1 aromatic carbocycles. The lowest BCUT2D eigenvalue weighted by atomic mass is 10.1. The fourth-order valence-corrected chi connectivity index (χ4v) is 4.21. The molecule has 0 amide bonds. The molecule has 0 N–H and O–H groups in total. The molecule has 1 aromatic heterocycles. The zero-order valence-electron chi connectivity index (χ0n) is 17.7. The van der Waals surface area contributed by atoms with Crippen molar-refractivity contribution in [3.63, 3.8) is 0 Å². The molecule has 2 atom stereocenters. The van der Waals surface area contributed by atoms with Gasteiger partial charge in [-0.2, -0.15) is 0 Å². The number of rotatable bonds is 6. The first-order valence-corrected chi connectivity index (χ1v) is 11.2. The number of fused-ring (bicyclic) bond motifs is 1. The highest BCUT2D eigenvalue weighted by atomic mass is 32.1. The van der Waals surface area contributed by atoms with E-state index in [0.717, 1.165) is 35.0 Å². The van der Waals surface area contributed by atoms with Crippen molar-refractivity contribution in [2.75, 3.05) is 0 Å². The number of unbranched alkanes of at least 4 members (excludes halogenated alkanes) is 2. The van der Waals surface area contributed by atoms with Gasteiger partial charge in [-0.25, -0.2) is 0 Å². The first-order valence-electron chi connectivity index (χ1n) is 10.7. The largest absolute Gasteiger partial charge is 0.310 e. The van der Waals surface area contributed by atoms with Crippen LogP contribution in [0.4, 0.5) is 0 Å². The number of nitrogens with zero attached hydrogens (tertiary/aromatic N) is 3. The lowest BCUT2D eigenvalue weighted by Crippen LogP contribution is -2.00. The predicted molar refractivity (Wildman–Crippen MR) is 122 cm³/mol. The zero-order chi connectivity index (χ0) is 20.1. The standard InChI is InChI=1S/C22H27N3S.C2H6/c1-3-4-5-6-15-7-9-16(10-8-15)21-23-24-22(25(21)2)19-12-17-11-18(17)13-20(26)14-19;1-2/h7-10,12-13,17-18,26H,3-6,11,14H2,1-2H3;1-2H3. The van der Waals surface area contributed by atoms with Gasteiger partial charge in [-0.3, -0.25) is 0 Å². The smallest absolute Gasteiger partial charge is 0.163 e. The van der Waals surface area contributed by atoms with E-state index in [0.29, 0.717) is 11.8 Å². The number of hydrogen-bond acceptors (Lipinski definition) is 3. The molecule has 2 aromatic rings. The van der Waals surface area contributed by atoms with E-state index in [4.69, 9.17) is 0 Å². The maximum Gasteiger partial charge on any atom is 0.163 e. The average molecular weight is 396 g/mol. The second kappa shape index (κ2) is 9.60. The van der Waals surface area contributed by atoms with Gasteiger partial charge < -0.3 is 4.57 Å². The highest BCUT2D eigenvalue weighted by Gasteiger charge is 2.36. The summed E-state index contributed by atoms with van der Waals surface area (Å²) in [5.41, 5.74) is 3.79. The second-order valence-corrected chi connectivity index (χ2v) is 8.22. The van der Waals surface area contributed by atoms with Crippen LogP contribution in [-0.4, -0.2) is 14.8 Å². The fourth-order valence-electron chi connectivity index (χ4n) is 3.85. The van der Waals surface area contributed by atoms with E-state index in [2.05, 4.69) is 77.8 Å². The lowest BCUT2D eigenvalue weighted by molar-refractivity contribution is 0.717. The van der Waals surface area contributed by atoms with Crippen molar-refractivity contribution in [1.82, 2.24) is 14.8 Å². The summed E-state index contributed by atoms with van der Waals surface area (Å²) in [7, 11) is 2.07. The monoisotopic (exact) mass is 395 g/mol. The van der Waals surface area contributed by atoms with Gasteiger partial charge in [0.25, 0.3) is 0 Å². The molecule has 1 heterocycles. The van der Waals surface area contributed by atoms with Gasteiger partial charge in [-0.15, -0.1) is 22.8 Å². The normalized spacial score (nSPS) is 20.3. The molecule has 0 spiro atoms. The van der Waals surface area contributed by atoms with Gasteiger partial charge >= 0.3 is 0 Å². The molecule has 0 saturated heterocycles. The van der Waals surface area contributed by atoms with E-state index in [1.54, 1.807) is 0 Å². The van der Waals surface area contributed by atoms with Crippen molar-refractivity contribution in [3.05, 3.63) is 52.7 Å². The van der Waals surface area contributed by atoms with Gasteiger partial charge in [-0.05, 0) is 47.1 Å². The summed E-state index contributed by atoms with van der Waals surface area (Å²) in [5.74, 6) is 3.26. The quantitative estimate of drug-likeness (QED) is 0.448. The fraction of sp³-hybridized carbons (Fsp3) is 0.500. The zero-order valence-corrected chi connectivity index (χ0v) is 18.5. The van der Waals surface area contributed by atoms with Gasteiger partial charge in [0, 0.05) is 19.0 Å². The van der Waals surface area contributed by atoms with E-state index in [9.17, 15) is 0 Å². The van der Waals surface area contributed by atoms with Crippen LogP contribution in [0.5, 0.6) is 0 Å². The van der Waals surface area contributed by atoms with Crippen LogP contribution in [0.3, 0.4) is 0 Å². The molecule has 2 unspecified atom stereocenters. The summed E-state index contributed by atoms with van der Waals surface area (Å²) < 4.78 is 2.13. The SMILES string of the molecule is CC.CCCCCc1ccc(-c2nnc(C3=CC4CC4C=C(S)C3)n2C)cc1. The van der Waals surface area contributed by atoms with Gasteiger partial charge in [0.15, 0.2) is 11.6 Å². The summed E-state index contributed by atoms with van der Waals surface area (Å²) in [6.07, 6.45) is 11.8. The highest BCUT2D eigenvalue weighted by Crippen LogP contribution is 2.47. The van der Waals surface area contributed by atoms with E-state index in [-0.39, 0.29) is 0 Å². The van der Waals surface area contributed by atoms with Crippen LogP contribution in [0.25, 0.3) is 17.0 Å². The summed E-state index contributed by atoms with van der Waals surface area (Å²) >= 11 is 4.65. The third-order valence-corrected chi connectivity index (χ3v) is 5.83. The Bertz CT molecular complexity index is 845. The summed E-state index contributed by atoms with van der Waals surface area (Å²) in [4.78, 5) is 1.15. The Kier molecular flexibility index (Phi) is 7.17. The van der Waals surface area contributed by atoms with Gasteiger partial charge in [0.05, 0.1) is 0 Å². The Labute approximate surface area is 175 Å². The molecule has 1 fully saturated rings. The Hall–Kier alpha value is -1.81. The minimum absolute atomic E-state index is 0.664. The van der Waals surface area contributed by atoms with Gasteiger partial charge in [0.2, 0.25) is 0 Å². The van der Waals surface area contributed by atoms with Crippen LogP contribution in [0, 0.1) is 11.8 Å². The van der Waals surface area contributed by atoms with Crippen LogP contribution in [0.2, 0.25) is 0 Å². The number of allylic oxidation sites excluding steroid dienone is 4. The Morgan fingerprint density at radius 1 is 1.00 bits per heavy atom. The van der Waals surface area contributed by atoms with Crippen LogP contribution in [-0.2, 0) is 13.5 Å². The summed E-state index contributed by atoms with van der Waals surface area (Å²) in [6, 6.07) is 8.82. The average Bonchev–Trinajstić information content (AvgIpc) is 3.34. The molecule has 0 radical (unpaired) electrons. The highest BCUT2D eigenvalue weighted by molar-refractivity contribution is 7.84. The van der Waals surface area contributed by atoms with Crippen molar-refractivity contribution in [2.24, 2.45) is 18.9 Å². The van der Waals surface area contributed by atoms with Gasteiger partial charge in [-0.1, -0.05) is 70.0 Å². The summed E-state index contributed by atoms with van der Waals surface area (Å²) in [5, 5.41) is 9.00. The minimum Gasteiger partial charge on any atom is -0.310 e. The van der Waals surface area contributed by atoms with E-state index < -0.39 is 0 Å². The van der Waals surface area contributed by atoms with Crippen molar-refractivity contribution in [1.29, 1.82) is 0 Å². The summed E-state index contributed by atoms with van der Waals surface area (Å²) in [6.45, 7) is 6.24. The molecule has 4 heteroatoms. The maximum absolute atomic E-state index is 4.65. The third kappa shape index (κ3) is 4.78. The molecule has 0 bridgehead atoms. The molecular formula is C24H33N3S. The molecule has 4 rings (SSSR count). The van der Waals surface area contributed by atoms with Crippen LogP contribution >= 0.6 is 12.6 Å². The number of thiol groups is 1. The Balaban J connectivity index is 0.00000109. The first-order chi connectivity index (χ1) is 13.7. The van der Waals surface area contributed by atoms with E-state index in [1.807, 2.05) is 13.8 Å². The Morgan fingerprint density at radius 3 is 2.39 bits per heavy atom. The van der Waals surface area contributed by atoms with Crippen molar-refractivity contribution >= 4 is 18.2 Å². The molecule has 2 aliphatic carbocycles. The number of aryl methyl sites for hydroxylation is 1. The van der Waals surface area contributed by atoms with E-state index in [1.165, 1.54) is 36.8 Å². The van der Waals surface area contributed by atoms with Crippen LogP contribution < -0.4 is 0 Å². The Morgan fingerprint density at radius 2 is 1.68 bits per heavy atom. The van der Waals surface area contributed by atoms with Crippen molar-refractivity contribution in [2.45, 2.75) is 59.3 Å². The topological polar surface area (TPSA) is 30.7 Å². The van der Waals surface area contributed by atoms with Gasteiger partial charge in [0.1, 0.15) is 0 Å². The molecule has 28 heavy (non-hydrogen) atoms. The molecule has 1 saturated carbocycles. The first kappa shape index (κ1) is 20.9. The molecule has 0 aliphatic heterocycles. The molecule has 3 nitrogen and oxygen atoms in total. The molecule has 150 valence electrons. The second-order valence-electron chi connectivity index (χ2n) is 7.65. The van der Waals surface area contributed by atoms with Crippen molar-refractivity contribution in [3.8, 4) is 11.4 Å².